The molecule has 1 atom stereocenters. The molecule has 2 amide bonds. The molecule has 2 N–H and O–H groups in total. The van der Waals surface area contributed by atoms with Crippen molar-refractivity contribution in [2.45, 2.75) is 26.8 Å². The summed E-state index contributed by atoms with van der Waals surface area (Å²) in [5.41, 5.74) is 0.576. The lowest BCUT2D eigenvalue weighted by Gasteiger charge is -2.21. The Balaban J connectivity index is 2.72. The van der Waals surface area contributed by atoms with Gasteiger partial charge in [-0.1, -0.05) is 13.8 Å². The summed E-state index contributed by atoms with van der Waals surface area (Å²) in [6.45, 7) is 5.67. The van der Waals surface area contributed by atoms with Crippen molar-refractivity contribution in [2.75, 3.05) is 30.9 Å². The van der Waals surface area contributed by atoms with Crippen molar-refractivity contribution < 1.29 is 14.3 Å². The van der Waals surface area contributed by atoms with E-state index in [0.717, 1.165) is 5.82 Å². The van der Waals surface area contributed by atoms with Crippen molar-refractivity contribution in [3.05, 3.63) is 18.3 Å². The Morgan fingerprint density at radius 3 is 2.45 bits per heavy atom. The van der Waals surface area contributed by atoms with Crippen LogP contribution < -0.4 is 15.5 Å². The van der Waals surface area contributed by atoms with Crippen LogP contribution in [0.3, 0.4) is 0 Å². The number of aromatic nitrogens is 1. The van der Waals surface area contributed by atoms with Gasteiger partial charge < -0.3 is 20.3 Å². The van der Waals surface area contributed by atoms with Gasteiger partial charge in [0.05, 0.1) is 18.5 Å². The van der Waals surface area contributed by atoms with Crippen LogP contribution in [0.2, 0.25) is 0 Å². The number of nitrogens with zero attached hydrogens (tertiary/aromatic N) is 2. The summed E-state index contributed by atoms with van der Waals surface area (Å²) in [5, 5.41) is 5.31. The lowest BCUT2D eigenvalue weighted by Crippen LogP contribution is -2.47. The van der Waals surface area contributed by atoms with Crippen molar-refractivity contribution in [1.29, 1.82) is 0 Å². The zero-order valence-electron chi connectivity index (χ0n) is 13.7. The average Bonchev–Trinajstić information content (AvgIpc) is 2.45. The summed E-state index contributed by atoms with van der Waals surface area (Å²) >= 11 is 0. The number of nitrogens with one attached hydrogen (secondary N) is 2. The standard InChI is InChI=1S/C15H24N4O3/c1-6-22-15(21)18-13(10(2)3)14(20)17-11-7-8-12(16-9-11)19(4)5/h7-10,13H,6H2,1-5H3,(H,17,20)(H,18,21). The minimum absolute atomic E-state index is 0.0709. The summed E-state index contributed by atoms with van der Waals surface area (Å²) in [7, 11) is 3.78. The molecule has 0 aliphatic carbocycles. The highest BCUT2D eigenvalue weighted by molar-refractivity contribution is 5.96. The van der Waals surface area contributed by atoms with Crippen molar-refractivity contribution in [3.8, 4) is 0 Å². The number of carbonyl (C=O) groups is 2. The molecule has 7 nitrogen and oxygen atoms in total. The van der Waals surface area contributed by atoms with Crippen LogP contribution in [0.4, 0.5) is 16.3 Å². The van der Waals surface area contributed by atoms with E-state index in [1.54, 1.807) is 25.3 Å². The van der Waals surface area contributed by atoms with Gasteiger partial charge in [0, 0.05) is 14.1 Å². The normalized spacial score (nSPS) is 11.7. The van der Waals surface area contributed by atoms with E-state index in [1.165, 1.54) is 0 Å². The van der Waals surface area contributed by atoms with E-state index in [9.17, 15) is 9.59 Å². The topological polar surface area (TPSA) is 83.6 Å². The highest BCUT2D eigenvalue weighted by Crippen LogP contribution is 2.13. The Morgan fingerprint density at radius 1 is 1.32 bits per heavy atom. The zero-order chi connectivity index (χ0) is 16.7. The Hall–Kier alpha value is -2.31. The number of ether oxygens (including phenoxy) is 1. The van der Waals surface area contributed by atoms with Gasteiger partial charge in [0.25, 0.3) is 0 Å². The average molecular weight is 308 g/mol. The molecule has 0 fully saturated rings. The number of rotatable bonds is 6. The Kier molecular flexibility index (Phi) is 6.62. The molecule has 0 radical (unpaired) electrons. The van der Waals surface area contributed by atoms with Crippen LogP contribution in [0.5, 0.6) is 0 Å². The second-order valence-corrected chi connectivity index (χ2v) is 5.38. The van der Waals surface area contributed by atoms with E-state index in [1.807, 2.05) is 32.8 Å². The Labute approximate surface area is 131 Å². The summed E-state index contributed by atoms with van der Waals surface area (Å²) in [6, 6.07) is 2.90. The van der Waals surface area contributed by atoms with Gasteiger partial charge in [-0.2, -0.15) is 0 Å². The number of hydrogen-bond acceptors (Lipinski definition) is 5. The number of hydrogen-bond donors (Lipinski definition) is 2. The van der Waals surface area contributed by atoms with Crippen LogP contribution in [0.1, 0.15) is 20.8 Å². The molecule has 0 spiro atoms. The number of pyridine rings is 1. The third kappa shape index (κ3) is 5.23. The fraction of sp³-hybridized carbons (Fsp3) is 0.533. The maximum Gasteiger partial charge on any atom is 0.407 e. The van der Waals surface area contributed by atoms with E-state index in [0.29, 0.717) is 5.69 Å². The Bertz CT molecular complexity index is 500. The van der Waals surface area contributed by atoms with Crippen molar-refractivity contribution in [2.24, 2.45) is 5.92 Å². The van der Waals surface area contributed by atoms with Gasteiger partial charge in [0.15, 0.2) is 0 Å². The molecule has 0 aliphatic rings. The van der Waals surface area contributed by atoms with E-state index < -0.39 is 12.1 Å². The first-order valence-electron chi connectivity index (χ1n) is 7.22. The van der Waals surface area contributed by atoms with Crippen molar-refractivity contribution >= 4 is 23.5 Å². The fourth-order valence-electron chi connectivity index (χ4n) is 1.78. The second kappa shape index (κ2) is 8.21. The van der Waals surface area contributed by atoms with E-state index >= 15 is 0 Å². The zero-order valence-corrected chi connectivity index (χ0v) is 13.7. The molecule has 122 valence electrons. The van der Waals surface area contributed by atoms with E-state index in [2.05, 4.69) is 15.6 Å². The lowest BCUT2D eigenvalue weighted by molar-refractivity contribution is -0.119. The molecule has 0 saturated heterocycles. The van der Waals surface area contributed by atoms with Crippen LogP contribution in [-0.2, 0) is 9.53 Å². The third-order valence-corrected chi connectivity index (χ3v) is 2.97. The number of anilines is 2. The van der Waals surface area contributed by atoms with Crippen LogP contribution in [0.25, 0.3) is 0 Å². The fourth-order valence-corrected chi connectivity index (χ4v) is 1.78. The molecule has 0 saturated carbocycles. The van der Waals surface area contributed by atoms with Crippen LogP contribution in [0.15, 0.2) is 18.3 Å². The summed E-state index contributed by atoms with van der Waals surface area (Å²) in [6.07, 6.45) is 0.979. The minimum Gasteiger partial charge on any atom is -0.450 e. The molecular weight excluding hydrogens is 284 g/mol. The van der Waals surface area contributed by atoms with Crippen LogP contribution >= 0.6 is 0 Å². The highest BCUT2D eigenvalue weighted by Gasteiger charge is 2.24. The predicted octanol–water partition coefficient (Wildman–Crippen LogP) is 1.86. The van der Waals surface area contributed by atoms with E-state index in [-0.39, 0.29) is 18.4 Å². The van der Waals surface area contributed by atoms with Gasteiger partial charge in [-0.3, -0.25) is 4.79 Å². The lowest BCUT2D eigenvalue weighted by atomic mass is 10.0. The highest BCUT2D eigenvalue weighted by atomic mass is 16.5. The number of carbonyl (C=O) groups excluding carboxylic acids is 2. The smallest absolute Gasteiger partial charge is 0.407 e. The van der Waals surface area contributed by atoms with Crippen LogP contribution in [-0.4, -0.2) is 43.7 Å². The van der Waals surface area contributed by atoms with Crippen molar-refractivity contribution in [3.63, 3.8) is 0 Å². The molecule has 1 aromatic rings. The molecule has 7 heteroatoms. The van der Waals surface area contributed by atoms with Gasteiger partial charge in [-0.15, -0.1) is 0 Å². The second-order valence-electron chi connectivity index (χ2n) is 5.38. The molecule has 0 aliphatic heterocycles. The molecule has 1 rings (SSSR count). The SMILES string of the molecule is CCOC(=O)NC(C(=O)Nc1ccc(N(C)C)nc1)C(C)C. The molecule has 1 unspecified atom stereocenters. The summed E-state index contributed by atoms with van der Waals surface area (Å²) in [5.74, 6) is 0.420. The molecule has 1 aromatic heterocycles. The van der Waals surface area contributed by atoms with Gasteiger partial charge in [0.1, 0.15) is 11.9 Å². The quantitative estimate of drug-likeness (QED) is 0.838. The van der Waals surface area contributed by atoms with Gasteiger partial charge in [-0.05, 0) is 25.0 Å². The summed E-state index contributed by atoms with van der Waals surface area (Å²) in [4.78, 5) is 29.9. The monoisotopic (exact) mass is 308 g/mol. The van der Waals surface area contributed by atoms with Gasteiger partial charge in [0.2, 0.25) is 5.91 Å². The van der Waals surface area contributed by atoms with E-state index in [4.69, 9.17) is 4.74 Å². The number of amides is 2. The van der Waals surface area contributed by atoms with Crippen LogP contribution in [0, 0.1) is 5.92 Å². The minimum atomic E-state index is -0.674. The molecule has 0 aromatic carbocycles. The maximum atomic E-state index is 12.3. The van der Waals surface area contributed by atoms with Crippen molar-refractivity contribution in [1.82, 2.24) is 10.3 Å². The molecule has 0 bridgehead atoms. The van der Waals surface area contributed by atoms with Gasteiger partial charge in [-0.25, -0.2) is 9.78 Å². The molecule has 1 heterocycles. The first kappa shape index (κ1) is 17.7. The number of alkyl carbamates (subject to hydrolysis) is 1. The maximum absolute atomic E-state index is 12.3. The third-order valence-electron chi connectivity index (χ3n) is 2.97. The molecular formula is C15H24N4O3. The largest absolute Gasteiger partial charge is 0.450 e. The Morgan fingerprint density at radius 2 is 2.00 bits per heavy atom. The molecule has 22 heavy (non-hydrogen) atoms. The summed E-state index contributed by atoms with van der Waals surface area (Å²) < 4.78 is 4.82. The van der Waals surface area contributed by atoms with Gasteiger partial charge >= 0.3 is 6.09 Å². The first-order valence-corrected chi connectivity index (χ1v) is 7.22. The first-order chi connectivity index (χ1) is 10.3. The predicted molar refractivity (Wildman–Crippen MR) is 86.0 cm³/mol.